The molecule has 1 aliphatic carbocycles. The minimum absolute atomic E-state index is 0.0153. The number of nitrogens with one attached hydrogen (secondary N) is 2. The zero-order chi connectivity index (χ0) is 13.3. The molecule has 0 aromatic heterocycles. The molecule has 0 atom stereocenters. The Morgan fingerprint density at radius 2 is 1.95 bits per heavy atom. The zero-order valence-electron chi connectivity index (χ0n) is 11.4. The first-order valence-corrected chi connectivity index (χ1v) is 7.58. The Labute approximate surface area is 120 Å². The van der Waals surface area contributed by atoms with E-state index in [1.165, 1.54) is 19.3 Å². The number of hydrogen-bond donors (Lipinski definition) is 2. The zero-order valence-corrected chi connectivity index (χ0v) is 12.2. The van der Waals surface area contributed by atoms with Gasteiger partial charge in [0.1, 0.15) is 5.66 Å². The quantitative estimate of drug-likeness (QED) is 0.811. The fourth-order valence-electron chi connectivity index (χ4n) is 3.13. The molecule has 0 radical (unpaired) electrons. The maximum Gasteiger partial charge on any atom is 0.189 e. The molecule has 2 N–H and O–H groups in total. The number of nitrogens with zero attached hydrogens (tertiary/aromatic N) is 1. The number of hydrazine groups is 1. The highest BCUT2D eigenvalue weighted by molar-refractivity contribution is 7.80. The van der Waals surface area contributed by atoms with Crippen molar-refractivity contribution < 1.29 is 0 Å². The van der Waals surface area contributed by atoms with Crippen molar-refractivity contribution in [2.24, 2.45) is 5.92 Å². The van der Waals surface area contributed by atoms with E-state index in [9.17, 15) is 0 Å². The summed E-state index contributed by atoms with van der Waals surface area (Å²) in [5.74, 6) is 0.883. The second-order valence-corrected chi connectivity index (χ2v) is 6.03. The molecule has 0 unspecified atom stereocenters. The van der Waals surface area contributed by atoms with Gasteiger partial charge in [0.2, 0.25) is 0 Å². The van der Waals surface area contributed by atoms with Gasteiger partial charge in [0.15, 0.2) is 5.11 Å². The smallest absolute Gasteiger partial charge is 0.189 e. The van der Waals surface area contributed by atoms with Gasteiger partial charge in [0, 0.05) is 0 Å². The van der Waals surface area contributed by atoms with Crippen LogP contribution < -0.4 is 15.8 Å². The summed E-state index contributed by atoms with van der Waals surface area (Å²) in [5, 5.41) is 6.32. The van der Waals surface area contributed by atoms with Crippen LogP contribution in [0, 0.1) is 5.92 Å². The minimum Gasteiger partial charge on any atom is -0.342 e. The summed E-state index contributed by atoms with van der Waals surface area (Å²) in [4.78, 5) is 0. The molecule has 1 aliphatic heterocycles. The summed E-state index contributed by atoms with van der Waals surface area (Å²) < 4.78 is 0. The lowest BCUT2D eigenvalue weighted by Gasteiger charge is -2.36. The van der Waals surface area contributed by atoms with Gasteiger partial charge in [0.25, 0.3) is 0 Å². The average molecular weight is 275 g/mol. The fraction of sp³-hybridized carbons (Fsp3) is 0.533. The second kappa shape index (κ2) is 5.10. The van der Waals surface area contributed by atoms with Crippen molar-refractivity contribution in [3.63, 3.8) is 0 Å². The van der Waals surface area contributed by atoms with E-state index in [2.05, 4.69) is 29.8 Å². The Morgan fingerprint density at radius 3 is 2.58 bits per heavy atom. The van der Waals surface area contributed by atoms with Crippen molar-refractivity contribution in [3.8, 4) is 0 Å². The molecule has 3 nitrogen and oxygen atoms in total. The predicted molar refractivity (Wildman–Crippen MR) is 82.8 cm³/mol. The van der Waals surface area contributed by atoms with Crippen LogP contribution in [-0.2, 0) is 0 Å². The molecule has 1 saturated heterocycles. The molecule has 2 fully saturated rings. The molecular weight excluding hydrogens is 254 g/mol. The largest absolute Gasteiger partial charge is 0.342 e. The van der Waals surface area contributed by atoms with Crippen LogP contribution in [0.3, 0.4) is 0 Å². The standard InChI is InChI=1S/C15H21N3S/c1-2-12-8-10-15(11-9-12)16-14(19)18(17-15)13-6-4-3-5-7-13/h3-7,12,17H,2,8-11H2,1H3,(H,16,19). The Hall–Kier alpha value is -1.13. The first-order valence-electron chi connectivity index (χ1n) is 7.17. The topological polar surface area (TPSA) is 27.3 Å². The van der Waals surface area contributed by atoms with Gasteiger partial charge in [-0.1, -0.05) is 31.5 Å². The van der Waals surface area contributed by atoms with Crippen LogP contribution >= 0.6 is 12.2 Å². The summed E-state index contributed by atoms with van der Waals surface area (Å²) in [6.07, 6.45) is 6.15. The van der Waals surface area contributed by atoms with E-state index in [1.54, 1.807) is 0 Å². The van der Waals surface area contributed by atoms with E-state index in [-0.39, 0.29) is 5.66 Å². The molecular formula is C15H21N3S. The average Bonchev–Trinajstić information content (AvgIpc) is 2.77. The van der Waals surface area contributed by atoms with Gasteiger partial charge in [-0.05, 0) is 56.0 Å². The first kappa shape index (κ1) is 12.9. The fourth-order valence-corrected chi connectivity index (χ4v) is 3.47. The van der Waals surface area contributed by atoms with Crippen LogP contribution in [0.25, 0.3) is 0 Å². The normalized spacial score (nSPS) is 30.7. The molecule has 1 saturated carbocycles. The summed E-state index contributed by atoms with van der Waals surface area (Å²) in [7, 11) is 0. The summed E-state index contributed by atoms with van der Waals surface area (Å²) in [6.45, 7) is 2.29. The van der Waals surface area contributed by atoms with Crippen molar-refractivity contribution in [1.29, 1.82) is 0 Å². The van der Waals surface area contributed by atoms with E-state index in [4.69, 9.17) is 12.2 Å². The summed E-state index contributed by atoms with van der Waals surface area (Å²) in [5.41, 5.74) is 4.69. The summed E-state index contributed by atoms with van der Waals surface area (Å²) in [6, 6.07) is 10.3. The van der Waals surface area contributed by atoms with Crippen LogP contribution in [0.2, 0.25) is 0 Å². The lowest BCUT2D eigenvalue weighted by molar-refractivity contribution is 0.189. The molecule has 0 bridgehead atoms. The third-order valence-electron chi connectivity index (χ3n) is 4.43. The molecule has 1 aromatic carbocycles. The third kappa shape index (κ3) is 2.47. The van der Waals surface area contributed by atoms with E-state index < -0.39 is 0 Å². The van der Waals surface area contributed by atoms with E-state index >= 15 is 0 Å². The maximum atomic E-state index is 5.49. The van der Waals surface area contributed by atoms with Crippen LogP contribution in [0.1, 0.15) is 39.0 Å². The summed E-state index contributed by atoms with van der Waals surface area (Å²) >= 11 is 5.49. The van der Waals surface area contributed by atoms with E-state index in [0.29, 0.717) is 0 Å². The van der Waals surface area contributed by atoms with E-state index in [0.717, 1.165) is 29.6 Å². The van der Waals surface area contributed by atoms with Gasteiger partial charge in [-0.2, -0.15) is 0 Å². The molecule has 3 rings (SSSR count). The van der Waals surface area contributed by atoms with Crippen molar-refractivity contribution in [2.75, 3.05) is 5.01 Å². The van der Waals surface area contributed by atoms with Crippen LogP contribution in [0.4, 0.5) is 5.69 Å². The Balaban J connectivity index is 1.74. The van der Waals surface area contributed by atoms with Crippen LogP contribution in [-0.4, -0.2) is 10.8 Å². The van der Waals surface area contributed by atoms with Crippen molar-refractivity contribution in [1.82, 2.24) is 10.7 Å². The predicted octanol–water partition coefficient (Wildman–Crippen LogP) is 3.18. The lowest BCUT2D eigenvalue weighted by atomic mass is 9.81. The van der Waals surface area contributed by atoms with Gasteiger partial charge in [-0.25, -0.2) is 5.43 Å². The molecule has 1 heterocycles. The Bertz CT molecular complexity index is 452. The van der Waals surface area contributed by atoms with Crippen molar-refractivity contribution >= 4 is 23.0 Å². The lowest BCUT2D eigenvalue weighted by Crippen LogP contribution is -2.53. The highest BCUT2D eigenvalue weighted by Gasteiger charge is 2.42. The highest BCUT2D eigenvalue weighted by atomic mass is 32.1. The van der Waals surface area contributed by atoms with Crippen molar-refractivity contribution in [2.45, 2.75) is 44.7 Å². The molecule has 2 aliphatic rings. The Kier molecular flexibility index (Phi) is 3.46. The van der Waals surface area contributed by atoms with Crippen molar-refractivity contribution in [3.05, 3.63) is 30.3 Å². The number of hydrogen-bond acceptors (Lipinski definition) is 2. The van der Waals surface area contributed by atoms with Gasteiger partial charge in [-0.15, -0.1) is 0 Å². The number of thiocarbonyl (C=S) groups is 1. The highest BCUT2D eigenvalue weighted by Crippen LogP contribution is 2.35. The molecule has 1 aromatic rings. The van der Waals surface area contributed by atoms with E-state index in [1.807, 2.05) is 23.2 Å². The molecule has 1 spiro atoms. The number of rotatable bonds is 2. The first-order chi connectivity index (χ1) is 9.22. The van der Waals surface area contributed by atoms with Gasteiger partial charge >= 0.3 is 0 Å². The van der Waals surface area contributed by atoms with Gasteiger partial charge in [-0.3, -0.25) is 5.01 Å². The maximum absolute atomic E-state index is 5.49. The van der Waals surface area contributed by atoms with Crippen LogP contribution in [0.15, 0.2) is 30.3 Å². The minimum atomic E-state index is -0.0153. The molecule has 102 valence electrons. The third-order valence-corrected chi connectivity index (χ3v) is 4.71. The molecule has 4 heteroatoms. The second-order valence-electron chi connectivity index (χ2n) is 5.65. The number of para-hydroxylation sites is 1. The Morgan fingerprint density at radius 1 is 1.26 bits per heavy atom. The van der Waals surface area contributed by atoms with Crippen LogP contribution in [0.5, 0.6) is 0 Å². The number of benzene rings is 1. The van der Waals surface area contributed by atoms with Gasteiger partial charge < -0.3 is 5.32 Å². The van der Waals surface area contributed by atoms with Gasteiger partial charge in [0.05, 0.1) is 5.69 Å². The monoisotopic (exact) mass is 275 g/mol. The molecule has 19 heavy (non-hydrogen) atoms. The molecule has 0 amide bonds. The number of anilines is 1. The SMILES string of the molecule is CCC1CCC2(CC1)NC(=S)N(c1ccccc1)N2.